The van der Waals surface area contributed by atoms with E-state index in [4.69, 9.17) is 0 Å². The standard InChI is InChI=1S/C17H26N2O/c1-4-12(3)10-16(18-5-2)14-6-8-15-13(11-14)7-9-17(20)19-15/h6,8,11-12,16,18H,4-5,7,9-10H2,1-3H3,(H,19,20). The minimum Gasteiger partial charge on any atom is -0.326 e. The van der Waals surface area contributed by atoms with E-state index in [9.17, 15) is 4.79 Å². The Morgan fingerprint density at radius 1 is 1.30 bits per heavy atom. The van der Waals surface area contributed by atoms with Gasteiger partial charge in [-0.05, 0) is 42.5 Å². The summed E-state index contributed by atoms with van der Waals surface area (Å²) >= 11 is 0. The summed E-state index contributed by atoms with van der Waals surface area (Å²) in [5.74, 6) is 0.850. The second kappa shape index (κ2) is 6.89. The van der Waals surface area contributed by atoms with Crippen LogP contribution in [0.2, 0.25) is 0 Å². The van der Waals surface area contributed by atoms with Gasteiger partial charge in [-0.25, -0.2) is 0 Å². The van der Waals surface area contributed by atoms with Gasteiger partial charge in [-0.2, -0.15) is 0 Å². The molecule has 1 amide bonds. The van der Waals surface area contributed by atoms with Crippen molar-refractivity contribution in [1.29, 1.82) is 0 Å². The Hall–Kier alpha value is -1.35. The van der Waals surface area contributed by atoms with Crippen LogP contribution in [0, 0.1) is 5.92 Å². The molecule has 1 aromatic rings. The Morgan fingerprint density at radius 3 is 2.80 bits per heavy atom. The fraction of sp³-hybridized carbons (Fsp3) is 0.588. The van der Waals surface area contributed by atoms with Crippen molar-refractivity contribution in [2.75, 3.05) is 11.9 Å². The van der Waals surface area contributed by atoms with Gasteiger partial charge < -0.3 is 10.6 Å². The summed E-state index contributed by atoms with van der Waals surface area (Å²) in [6.07, 6.45) is 3.84. The molecule has 0 radical (unpaired) electrons. The molecule has 0 bridgehead atoms. The van der Waals surface area contributed by atoms with Crippen molar-refractivity contribution in [3.8, 4) is 0 Å². The summed E-state index contributed by atoms with van der Waals surface area (Å²) in [6, 6.07) is 6.89. The minimum atomic E-state index is 0.132. The van der Waals surface area contributed by atoms with Gasteiger partial charge in [-0.15, -0.1) is 0 Å². The van der Waals surface area contributed by atoms with Crippen molar-refractivity contribution in [2.45, 2.75) is 52.5 Å². The van der Waals surface area contributed by atoms with E-state index in [1.165, 1.54) is 17.5 Å². The molecule has 0 saturated carbocycles. The third-order valence-corrected chi connectivity index (χ3v) is 4.21. The molecule has 20 heavy (non-hydrogen) atoms. The SMILES string of the molecule is CCNC(CC(C)CC)c1ccc2c(c1)CCC(=O)N2. The molecule has 110 valence electrons. The largest absolute Gasteiger partial charge is 0.326 e. The summed E-state index contributed by atoms with van der Waals surface area (Å²) in [5.41, 5.74) is 3.61. The maximum absolute atomic E-state index is 11.4. The first-order valence-electron chi connectivity index (χ1n) is 7.80. The molecule has 0 spiro atoms. The van der Waals surface area contributed by atoms with Crippen molar-refractivity contribution < 1.29 is 4.79 Å². The first-order valence-corrected chi connectivity index (χ1v) is 7.80. The maximum Gasteiger partial charge on any atom is 0.224 e. The number of anilines is 1. The number of carbonyl (C=O) groups is 1. The van der Waals surface area contributed by atoms with Gasteiger partial charge >= 0.3 is 0 Å². The van der Waals surface area contributed by atoms with Gasteiger partial charge in [-0.3, -0.25) is 4.79 Å². The van der Waals surface area contributed by atoms with Crippen LogP contribution in [0.3, 0.4) is 0 Å². The lowest BCUT2D eigenvalue weighted by Crippen LogP contribution is -2.24. The molecule has 0 saturated heterocycles. The molecule has 1 aromatic carbocycles. The zero-order valence-electron chi connectivity index (χ0n) is 12.8. The van der Waals surface area contributed by atoms with Gasteiger partial charge in [0.15, 0.2) is 0 Å². The fourth-order valence-corrected chi connectivity index (χ4v) is 2.77. The van der Waals surface area contributed by atoms with E-state index in [0.717, 1.165) is 31.0 Å². The van der Waals surface area contributed by atoms with Crippen LogP contribution in [0.25, 0.3) is 0 Å². The van der Waals surface area contributed by atoms with Crippen LogP contribution < -0.4 is 10.6 Å². The van der Waals surface area contributed by atoms with Gasteiger partial charge in [0.2, 0.25) is 5.91 Å². The van der Waals surface area contributed by atoms with E-state index < -0.39 is 0 Å². The molecule has 3 heteroatoms. The molecule has 1 aliphatic rings. The molecule has 2 rings (SSSR count). The van der Waals surface area contributed by atoms with Gasteiger partial charge in [0.05, 0.1) is 0 Å². The quantitative estimate of drug-likeness (QED) is 0.831. The average molecular weight is 274 g/mol. The molecule has 1 aliphatic heterocycles. The summed E-state index contributed by atoms with van der Waals surface area (Å²) in [6.45, 7) is 7.69. The van der Waals surface area contributed by atoms with Gasteiger partial charge in [0.25, 0.3) is 0 Å². The normalized spacial score (nSPS) is 17.2. The molecule has 2 atom stereocenters. The molecular formula is C17H26N2O. The molecule has 0 aliphatic carbocycles. The molecular weight excluding hydrogens is 248 g/mol. The van der Waals surface area contributed by atoms with E-state index in [0.29, 0.717) is 12.5 Å². The smallest absolute Gasteiger partial charge is 0.224 e. The van der Waals surface area contributed by atoms with Crippen molar-refractivity contribution in [2.24, 2.45) is 5.92 Å². The first kappa shape index (κ1) is 15.0. The second-order valence-electron chi connectivity index (χ2n) is 5.82. The Kier molecular flexibility index (Phi) is 5.18. The highest BCUT2D eigenvalue weighted by molar-refractivity contribution is 5.93. The third kappa shape index (κ3) is 3.60. The van der Waals surface area contributed by atoms with Crippen LogP contribution in [-0.4, -0.2) is 12.5 Å². The lowest BCUT2D eigenvalue weighted by atomic mass is 9.91. The van der Waals surface area contributed by atoms with Crippen LogP contribution in [-0.2, 0) is 11.2 Å². The Bertz CT molecular complexity index is 470. The topological polar surface area (TPSA) is 41.1 Å². The molecule has 2 unspecified atom stereocenters. The van der Waals surface area contributed by atoms with E-state index in [2.05, 4.69) is 49.6 Å². The third-order valence-electron chi connectivity index (χ3n) is 4.21. The lowest BCUT2D eigenvalue weighted by molar-refractivity contribution is -0.116. The maximum atomic E-state index is 11.4. The van der Waals surface area contributed by atoms with Crippen LogP contribution in [0.5, 0.6) is 0 Å². The Morgan fingerprint density at radius 2 is 2.10 bits per heavy atom. The molecule has 2 N–H and O–H groups in total. The highest BCUT2D eigenvalue weighted by atomic mass is 16.1. The van der Waals surface area contributed by atoms with E-state index in [-0.39, 0.29) is 5.91 Å². The zero-order valence-corrected chi connectivity index (χ0v) is 12.8. The van der Waals surface area contributed by atoms with Crippen LogP contribution in [0.4, 0.5) is 5.69 Å². The second-order valence-corrected chi connectivity index (χ2v) is 5.82. The number of carbonyl (C=O) groups excluding carboxylic acids is 1. The number of nitrogens with one attached hydrogen (secondary N) is 2. The van der Waals surface area contributed by atoms with Crippen LogP contribution in [0.15, 0.2) is 18.2 Å². The molecule has 0 aromatic heterocycles. The monoisotopic (exact) mass is 274 g/mol. The predicted molar refractivity (Wildman–Crippen MR) is 83.9 cm³/mol. The number of benzene rings is 1. The Balaban J connectivity index is 2.18. The number of amides is 1. The van der Waals surface area contributed by atoms with Gasteiger partial charge in [0.1, 0.15) is 0 Å². The first-order chi connectivity index (χ1) is 9.63. The van der Waals surface area contributed by atoms with Crippen LogP contribution >= 0.6 is 0 Å². The minimum absolute atomic E-state index is 0.132. The number of aryl methyl sites for hydroxylation is 1. The average Bonchev–Trinajstić information content (AvgIpc) is 2.46. The van der Waals surface area contributed by atoms with Gasteiger partial charge in [0, 0.05) is 18.2 Å². The highest BCUT2D eigenvalue weighted by Crippen LogP contribution is 2.29. The van der Waals surface area contributed by atoms with E-state index in [1.54, 1.807) is 0 Å². The number of hydrogen-bond acceptors (Lipinski definition) is 2. The van der Waals surface area contributed by atoms with E-state index >= 15 is 0 Å². The number of fused-ring (bicyclic) bond motifs is 1. The van der Waals surface area contributed by atoms with Crippen molar-refractivity contribution in [3.63, 3.8) is 0 Å². The fourth-order valence-electron chi connectivity index (χ4n) is 2.77. The van der Waals surface area contributed by atoms with Gasteiger partial charge in [-0.1, -0.05) is 39.3 Å². The van der Waals surface area contributed by atoms with Crippen molar-refractivity contribution in [1.82, 2.24) is 5.32 Å². The zero-order chi connectivity index (χ0) is 14.5. The number of rotatable bonds is 6. The predicted octanol–water partition coefficient (Wildman–Crippen LogP) is 3.66. The van der Waals surface area contributed by atoms with E-state index in [1.807, 2.05) is 0 Å². The molecule has 3 nitrogen and oxygen atoms in total. The Labute approximate surface area is 122 Å². The summed E-state index contributed by atoms with van der Waals surface area (Å²) in [7, 11) is 0. The van der Waals surface area contributed by atoms with Crippen LogP contribution in [0.1, 0.15) is 57.2 Å². The summed E-state index contributed by atoms with van der Waals surface area (Å²) in [5, 5.41) is 6.54. The molecule has 1 heterocycles. The summed E-state index contributed by atoms with van der Waals surface area (Å²) < 4.78 is 0. The highest BCUT2D eigenvalue weighted by Gasteiger charge is 2.18. The number of hydrogen-bond donors (Lipinski definition) is 2. The molecule has 0 fully saturated rings. The summed E-state index contributed by atoms with van der Waals surface area (Å²) in [4.78, 5) is 11.4. The lowest BCUT2D eigenvalue weighted by Gasteiger charge is -2.24. The van der Waals surface area contributed by atoms with Crippen molar-refractivity contribution >= 4 is 11.6 Å². The van der Waals surface area contributed by atoms with Crippen molar-refractivity contribution in [3.05, 3.63) is 29.3 Å².